The van der Waals surface area contributed by atoms with Crippen LogP contribution >= 0.6 is 11.3 Å². The molecule has 2 aliphatic rings. The van der Waals surface area contributed by atoms with Crippen molar-refractivity contribution in [2.45, 2.75) is 84.0 Å². The number of allylic oxidation sites excluding steroid dienone is 8. The molecule has 52 heavy (non-hydrogen) atoms. The highest BCUT2D eigenvalue weighted by atomic mass is 32.1. The van der Waals surface area contributed by atoms with Crippen LogP contribution in [0.5, 0.6) is 5.75 Å². The quantitative estimate of drug-likeness (QED) is 0.0620. The molecule has 3 heterocycles. The zero-order chi connectivity index (χ0) is 36.2. The number of nitrogens with zero attached hydrogens (tertiary/aromatic N) is 3. The van der Waals surface area contributed by atoms with Gasteiger partial charge in [0.25, 0.3) is 0 Å². The number of hydrogen-bond acceptors (Lipinski definition) is 7. The molecule has 0 N–H and O–H groups in total. The molecule has 0 radical (unpaired) electrons. The van der Waals surface area contributed by atoms with Gasteiger partial charge < -0.3 is 14.4 Å². The number of unbranched alkanes of at least 4 members (excludes halogenated alkanes) is 3. The Hall–Kier alpha value is -4.14. The highest BCUT2D eigenvalue weighted by Gasteiger charge is 2.26. The number of hydrogen-bond donors (Lipinski definition) is 0. The highest BCUT2D eigenvalue weighted by molar-refractivity contribution is 7.17. The molecule has 1 aromatic heterocycles. The zero-order valence-electron chi connectivity index (χ0n) is 31.1. The van der Waals surface area contributed by atoms with Gasteiger partial charge in [0.05, 0.1) is 12.3 Å². The zero-order valence-corrected chi connectivity index (χ0v) is 31.9. The van der Waals surface area contributed by atoms with Gasteiger partial charge in [-0.15, -0.1) is 11.3 Å². The van der Waals surface area contributed by atoms with Crippen molar-refractivity contribution in [3.05, 3.63) is 102 Å². The van der Waals surface area contributed by atoms with Gasteiger partial charge >= 0.3 is 5.97 Å². The molecule has 0 unspecified atom stereocenters. The summed E-state index contributed by atoms with van der Waals surface area (Å²) in [7, 11) is 0. The molecule has 0 bridgehead atoms. The van der Waals surface area contributed by atoms with E-state index >= 15 is 0 Å². The number of esters is 1. The Kier molecular flexibility index (Phi) is 16.6. The summed E-state index contributed by atoms with van der Waals surface area (Å²) in [5, 5.41) is 3.55. The van der Waals surface area contributed by atoms with E-state index in [4.69, 9.17) is 9.47 Å². The Bertz CT molecular complexity index is 1670. The topological polar surface area (TPSA) is 62.3 Å². The number of ether oxygens (including phenoxy) is 2. The lowest BCUT2D eigenvalue weighted by molar-refractivity contribution is -0.144. The van der Waals surface area contributed by atoms with Crippen LogP contribution in [0.15, 0.2) is 96.5 Å². The largest absolute Gasteiger partial charge is 0.494 e. The van der Waals surface area contributed by atoms with Crippen LogP contribution in [0.3, 0.4) is 0 Å². The third-order valence-electron chi connectivity index (χ3n) is 9.66. The maximum atomic E-state index is 12.9. The van der Waals surface area contributed by atoms with Gasteiger partial charge in [-0.05, 0) is 106 Å². The van der Waals surface area contributed by atoms with E-state index in [-0.39, 0.29) is 18.6 Å². The van der Waals surface area contributed by atoms with E-state index in [0.717, 1.165) is 108 Å². The summed E-state index contributed by atoms with van der Waals surface area (Å²) in [6.45, 7) is 8.05. The average molecular weight is 724 g/mol. The molecule has 0 saturated carbocycles. The first-order valence-electron chi connectivity index (χ1n) is 19.4. The minimum atomic E-state index is -0.265. The van der Waals surface area contributed by atoms with E-state index in [1.165, 1.54) is 15.8 Å². The predicted octanol–water partition coefficient (Wildman–Crippen LogP) is 10.0. The molecule has 1 amide bonds. The number of amides is 1. The number of thiophene rings is 1. The number of piperazine rings is 1. The van der Waals surface area contributed by atoms with Crippen LogP contribution in [0.4, 0.5) is 11.4 Å². The summed E-state index contributed by atoms with van der Waals surface area (Å²) in [5.74, 6) is 0.458. The number of carbonyl (C=O) groups is 2. The van der Waals surface area contributed by atoms with Gasteiger partial charge in [0.2, 0.25) is 5.91 Å². The van der Waals surface area contributed by atoms with Crippen LogP contribution in [0.25, 0.3) is 10.1 Å². The van der Waals surface area contributed by atoms with Crippen LogP contribution in [0, 0.1) is 0 Å². The summed E-state index contributed by atoms with van der Waals surface area (Å²) in [6.07, 6.45) is 27.6. The van der Waals surface area contributed by atoms with E-state index in [9.17, 15) is 9.59 Å². The molecule has 7 nitrogen and oxygen atoms in total. The maximum Gasteiger partial charge on any atom is 0.307 e. The second kappa shape index (κ2) is 22.0. The van der Waals surface area contributed by atoms with Crippen molar-refractivity contribution in [3.63, 3.8) is 0 Å². The Morgan fingerprint density at radius 1 is 0.808 bits per heavy atom. The second-order valence-electron chi connectivity index (χ2n) is 13.5. The van der Waals surface area contributed by atoms with Gasteiger partial charge in [0.15, 0.2) is 6.73 Å². The third kappa shape index (κ3) is 12.5. The van der Waals surface area contributed by atoms with Crippen LogP contribution in [0.2, 0.25) is 0 Å². The van der Waals surface area contributed by atoms with Crippen molar-refractivity contribution in [2.24, 2.45) is 0 Å². The SMILES string of the molecule is CC/C=C\C/C=C\C/C=C\C/C=C\CCCCC(=O)OCN1C(=O)CCc2ccc(OCCCCN3CCN(c4cccc5sccc45)CC3)cc21. The summed E-state index contributed by atoms with van der Waals surface area (Å²) in [4.78, 5) is 32.0. The lowest BCUT2D eigenvalue weighted by Gasteiger charge is -2.36. The third-order valence-corrected chi connectivity index (χ3v) is 10.5. The van der Waals surface area contributed by atoms with Gasteiger partial charge in [0, 0.05) is 60.9 Å². The molecule has 8 heteroatoms. The molecule has 3 aromatic rings. The fourth-order valence-corrected chi connectivity index (χ4v) is 7.49. The Morgan fingerprint density at radius 2 is 1.58 bits per heavy atom. The Balaban J connectivity index is 0.938. The van der Waals surface area contributed by atoms with Gasteiger partial charge in [-0.1, -0.05) is 67.7 Å². The van der Waals surface area contributed by atoms with Crippen LogP contribution in [-0.2, 0) is 20.7 Å². The molecule has 2 aromatic carbocycles. The molecule has 0 atom stereocenters. The Labute approximate surface area is 315 Å². The molecule has 1 fully saturated rings. The van der Waals surface area contributed by atoms with Crippen LogP contribution in [0.1, 0.15) is 83.1 Å². The normalized spacial score (nSPS) is 15.6. The van der Waals surface area contributed by atoms with E-state index in [0.29, 0.717) is 25.9 Å². The molecule has 0 aliphatic carbocycles. The fourth-order valence-electron chi connectivity index (χ4n) is 6.68. The molecule has 5 rings (SSSR count). The minimum Gasteiger partial charge on any atom is -0.494 e. The molecule has 1 saturated heterocycles. The maximum absolute atomic E-state index is 12.9. The van der Waals surface area contributed by atoms with Crippen molar-refractivity contribution in [1.82, 2.24) is 4.90 Å². The highest BCUT2D eigenvalue weighted by Crippen LogP contribution is 2.33. The summed E-state index contributed by atoms with van der Waals surface area (Å²) >= 11 is 1.81. The lowest BCUT2D eigenvalue weighted by Crippen LogP contribution is -2.46. The molecule has 0 spiro atoms. The van der Waals surface area contributed by atoms with Crippen molar-refractivity contribution in [1.29, 1.82) is 0 Å². The first-order chi connectivity index (χ1) is 25.6. The fraction of sp³-hybridized carbons (Fsp3) is 0.455. The number of fused-ring (bicyclic) bond motifs is 2. The van der Waals surface area contributed by atoms with Crippen molar-refractivity contribution in [2.75, 3.05) is 55.9 Å². The lowest BCUT2D eigenvalue weighted by atomic mass is 10.0. The standard InChI is InChI=1S/C44H57N3O4S/c1-2-3-4-5-6-7-8-9-10-11-12-13-14-15-16-22-44(49)51-36-47-41-35-38(25-23-37(41)24-26-43(47)48)50-33-18-17-28-45-29-31-46(32-30-45)40-20-19-21-42-39(40)27-34-52-42/h3-4,6-7,9-10,12-13,19-21,23,25,27,34-35H,2,5,8,11,14-18,22,24,26,28-33,36H2,1H3/b4-3-,7-6-,10-9-,13-12-. The monoisotopic (exact) mass is 723 g/mol. The minimum absolute atomic E-state index is 0.0242. The van der Waals surface area contributed by atoms with E-state index in [1.54, 1.807) is 4.90 Å². The van der Waals surface area contributed by atoms with Gasteiger partial charge in [-0.2, -0.15) is 0 Å². The smallest absolute Gasteiger partial charge is 0.307 e. The van der Waals surface area contributed by atoms with E-state index in [2.05, 4.69) is 95.0 Å². The van der Waals surface area contributed by atoms with Crippen LogP contribution in [-0.4, -0.2) is 62.8 Å². The van der Waals surface area contributed by atoms with Gasteiger partial charge in [-0.25, -0.2) is 0 Å². The van der Waals surface area contributed by atoms with Gasteiger partial charge in [-0.3, -0.25) is 19.4 Å². The van der Waals surface area contributed by atoms with Crippen LogP contribution < -0.4 is 14.5 Å². The Morgan fingerprint density at radius 3 is 2.37 bits per heavy atom. The number of benzene rings is 2. The summed E-state index contributed by atoms with van der Waals surface area (Å²) in [5.41, 5.74) is 3.23. The predicted molar refractivity (Wildman–Crippen MR) is 218 cm³/mol. The average Bonchev–Trinajstić information content (AvgIpc) is 3.66. The summed E-state index contributed by atoms with van der Waals surface area (Å²) in [6, 6.07) is 14.8. The number of anilines is 2. The molecular formula is C44H57N3O4S. The van der Waals surface area contributed by atoms with E-state index in [1.807, 2.05) is 29.5 Å². The first-order valence-corrected chi connectivity index (χ1v) is 20.3. The summed E-state index contributed by atoms with van der Waals surface area (Å²) < 4.78 is 13.1. The molecular weight excluding hydrogens is 667 g/mol. The molecule has 278 valence electrons. The first kappa shape index (κ1) is 39.1. The van der Waals surface area contributed by atoms with Gasteiger partial charge in [0.1, 0.15) is 5.75 Å². The van der Waals surface area contributed by atoms with E-state index < -0.39 is 0 Å². The van der Waals surface area contributed by atoms with Crippen molar-refractivity contribution in [3.8, 4) is 5.75 Å². The second-order valence-corrected chi connectivity index (χ2v) is 14.4. The number of aryl methyl sites for hydroxylation is 1. The van der Waals surface area contributed by atoms with Crippen molar-refractivity contribution < 1.29 is 19.1 Å². The molecule has 2 aliphatic heterocycles. The number of carbonyl (C=O) groups excluding carboxylic acids is 2. The van der Waals surface area contributed by atoms with Crippen molar-refractivity contribution >= 4 is 44.7 Å². The number of rotatable bonds is 21.